The summed E-state index contributed by atoms with van der Waals surface area (Å²) >= 11 is 0. The Morgan fingerprint density at radius 1 is 1.13 bits per heavy atom. The lowest BCUT2D eigenvalue weighted by Gasteiger charge is -2.29. The molecule has 23 heavy (non-hydrogen) atoms. The third-order valence-electron chi connectivity index (χ3n) is 4.91. The molecule has 0 radical (unpaired) electrons. The molecule has 2 saturated heterocycles. The molecule has 3 rings (SSSR count). The number of aryl methyl sites for hydroxylation is 1. The van der Waals surface area contributed by atoms with E-state index in [1.54, 1.807) is 8.61 Å². The summed E-state index contributed by atoms with van der Waals surface area (Å²) in [7, 11) is -3.42. The van der Waals surface area contributed by atoms with Gasteiger partial charge in [0.2, 0.25) is 0 Å². The van der Waals surface area contributed by atoms with Crippen molar-refractivity contribution in [2.45, 2.75) is 39.2 Å². The Morgan fingerprint density at radius 2 is 1.96 bits per heavy atom. The van der Waals surface area contributed by atoms with Gasteiger partial charge in [0, 0.05) is 26.2 Å². The van der Waals surface area contributed by atoms with Crippen LogP contribution in [0, 0.1) is 6.92 Å². The van der Waals surface area contributed by atoms with Crippen LogP contribution in [0.5, 0.6) is 0 Å². The van der Waals surface area contributed by atoms with Crippen LogP contribution in [0.25, 0.3) is 0 Å². The Bertz CT molecular complexity index is 628. The topological polar surface area (TPSA) is 57.0 Å². The summed E-state index contributed by atoms with van der Waals surface area (Å²) in [6.07, 6.45) is 2.62. The summed E-state index contributed by atoms with van der Waals surface area (Å²) in [5.74, 6) is 1.60. The first-order chi connectivity index (χ1) is 11.0. The van der Waals surface area contributed by atoms with Crippen LogP contribution in [0.2, 0.25) is 0 Å². The number of rotatable bonds is 4. The normalized spacial score (nSPS) is 25.7. The standard InChI is InChI=1S/C16H27N3O3S/c1-3-17-9-5-10-18(13-12-17)23(20,21)19-11-4-6-15(19)16-8-7-14(2)22-16/h7-8,15H,3-6,9-13H2,1-2H3/t15-/m1/s1. The second-order valence-electron chi connectivity index (χ2n) is 6.41. The minimum atomic E-state index is -3.42. The Hall–Kier alpha value is -0.890. The average Bonchev–Trinajstić information content (AvgIpc) is 3.10. The molecule has 1 atom stereocenters. The highest BCUT2D eigenvalue weighted by Crippen LogP contribution is 2.36. The first-order valence-corrected chi connectivity index (χ1v) is 9.97. The van der Waals surface area contributed by atoms with Gasteiger partial charge in [-0.1, -0.05) is 6.92 Å². The molecule has 2 aliphatic rings. The molecule has 2 aliphatic heterocycles. The molecule has 0 aliphatic carbocycles. The van der Waals surface area contributed by atoms with Crippen molar-refractivity contribution in [3.8, 4) is 0 Å². The summed E-state index contributed by atoms with van der Waals surface area (Å²) in [6.45, 7) is 8.56. The fourth-order valence-corrected chi connectivity index (χ4v) is 5.44. The fraction of sp³-hybridized carbons (Fsp3) is 0.750. The molecule has 2 fully saturated rings. The molecule has 130 valence electrons. The molecule has 1 aromatic heterocycles. The van der Waals surface area contributed by atoms with Gasteiger partial charge in [-0.25, -0.2) is 0 Å². The zero-order valence-electron chi connectivity index (χ0n) is 14.1. The van der Waals surface area contributed by atoms with Crippen molar-refractivity contribution >= 4 is 10.2 Å². The maximum absolute atomic E-state index is 13.1. The van der Waals surface area contributed by atoms with Crippen LogP contribution in [0.1, 0.15) is 43.7 Å². The first-order valence-electron chi connectivity index (χ1n) is 8.58. The lowest BCUT2D eigenvalue weighted by molar-refractivity contribution is 0.286. The highest BCUT2D eigenvalue weighted by molar-refractivity contribution is 7.86. The van der Waals surface area contributed by atoms with Gasteiger partial charge in [0.15, 0.2) is 0 Å². The van der Waals surface area contributed by atoms with E-state index in [1.165, 1.54) is 0 Å². The summed E-state index contributed by atoms with van der Waals surface area (Å²) in [4.78, 5) is 2.31. The number of furan rings is 1. The Morgan fingerprint density at radius 3 is 2.65 bits per heavy atom. The fourth-order valence-electron chi connectivity index (χ4n) is 3.58. The second kappa shape index (κ2) is 6.93. The maximum Gasteiger partial charge on any atom is 0.282 e. The Kier molecular flexibility index (Phi) is 5.10. The van der Waals surface area contributed by atoms with Gasteiger partial charge in [0.05, 0.1) is 6.04 Å². The van der Waals surface area contributed by atoms with Crippen molar-refractivity contribution in [1.29, 1.82) is 0 Å². The molecule has 7 heteroatoms. The van der Waals surface area contributed by atoms with Crippen LogP contribution in [0.4, 0.5) is 0 Å². The molecule has 0 bridgehead atoms. The van der Waals surface area contributed by atoms with E-state index >= 15 is 0 Å². The third-order valence-corrected chi connectivity index (χ3v) is 6.96. The van der Waals surface area contributed by atoms with E-state index in [0.29, 0.717) is 19.6 Å². The maximum atomic E-state index is 13.1. The SMILES string of the molecule is CCN1CCCN(S(=O)(=O)N2CCC[C@@H]2c2ccc(C)o2)CC1. The van der Waals surface area contributed by atoms with Crippen molar-refractivity contribution in [1.82, 2.24) is 13.5 Å². The highest BCUT2D eigenvalue weighted by Gasteiger charge is 2.40. The molecule has 0 unspecified atom stereocenters. The minimum Gasteiger partial charge on any atom is -0.465 e. The summed E-state index contributed by atoms with van der Waals surface area (Å²) in [5.41, 5.74) is 0. The molecular formula is C16H27N3O3S. The molecule has 0 amide bonds. The largest absolute Gasteiger partial charge is 0.465 e. The molecule has 0 N–H and O–H groups in total. The summed E-state index contributed by atoms with van der Waals surface area (Å²) in [5, 5.41) is 0. The minimum absolute atomic E-state index is 0.153. The molecule has 0 spiro atoms. The van der Waals surface area contributed by atoms with Crippen molar-refractivity contribution in [2.24, 2.45) is 0 Å². The van der Waals surface area contributed by atoms with E-state index in [0.717, 1.165) is 50.4 Å². The number of nitrogens with zero attached hydrogens (tertiary/aromatic N) is 3. The monoisotopic (exact) mass is 341 g/mol. The lowest BCUT2D eigenvalue weighted by Crippen LogP contribution is -2.45. The van der Waals surface area contributed by atoms with Crippen LogP contribution >= 0.6 is 0 Å². The smallest absolute Gasteiger partial charge is 0.282 e. The van der Waals surface area contributed by atoms with E-state index < -0.39 is 10.2 Å². The predicted molar refractivity (Wildman–Crippen MR) is 89.3 cm³/mol. The molecule has 3 heterocycles. The van der Waals surface area contributed by atoms with Crippen molar-refractivity contribution in [3.63, 3.8) is 0 Å². The zero-order valence-corrected chi connectivity index (χ0v) is 14.9. The molecule has 0 saturated carbocycles. The van der Waals surface area contributed by atoms with Gasteiger partial charge in [0.25, 0.3) is 10.2 Å². The van der Waals surface area contributed by atoms with Crippen molar-refractivity contribution in [2.75, 3.05) is 39.3 Å². The molecule has 0 aromatic carbocycles. The Balaban J connectivity index is 1.78. The zero-order chi connectivity index (χ0) is 16.4. The van der Waals surface area contributed by atoms with Crippen LogP contribution in [-0.4, -0.2) is 61.2 Å². The second-order valence-corrected chi connectivity index (χ2v) is 8.29. The van der Waals surface area contributed by atoms with Gasteiger partial charge in [-0.3, -0.25) is 0 Å². The van der Waals surface area contributed by atoms with Gasteiger partial charge < -0.3 is 9.32 Å². The van der Waals surface area contributed by atoms with Crippen molar-refractivity contribution in [3.05, 3.63) is 23.7 Å². The third kappa shape index (κ3) is 3.47. The van der Waals surface area contributed by atoms with E-state index in [2.05, 4.69) is 11.8 Å². The number of hydrogen-bond acceptors (Lipinski definition) is 4. The van der Waals surface area contributed by atoms with Gasteiger partial charge in [-0.15, -0.1) is 0 Å². The van der Waals surface area contributed by atoms with Gasteiger partial charge in [-0.2, -0.15) is 17.0 Å². The summed E-state index contributed by atoms with van der Waals surface area (Å²) in [6, 6.07) is 3.66. The predicted octanol–water partition coefficient (Wildman–Crippen LogP) is 2.00. The summed E-state index contributed by atoms with van der Waals surface area (Å²) < 4.78 is 35.3. The van der Waals surface area contributed by atoms with Gasteiger partial charge in [0.1, 0.15) is 11.5 Å². The van der Waals surface area contributed by atoms with E-state index in [-0.39, 0.29) is 6.04 Å². The van der Waals surface area contributed by atoms with Crippen molar-refractivity contribution < 1.29 is 12.8 Å². The van der Waals surface area contributed by atoms with E-state index in [4.69, 9.17) is 4.42 Å². The highest BCUT2D eigenvalue weighted by atomic mass is 32.2. The Labute approximate surface area is 139 Å². The molecule has 6 nitrogen and oxygen atoms in total. The first kappa shape index (κ1) is 17.0. The van der Waals surface area contributed by atoms with Crippen LogP contribution in [0.3, 0.4) is 0 Å². The molecular weight excluding hydrogens is 314 g/mol. The van der Waals surface area contributed by atoms with E-state index in [9.17, 15) is 8.42 Å². The van der Waals surface area contributed by atoms with Crippen LogP contribution in [0.15, 0.2) is 16.5 Å². The average molecular weight is 341 g/mol. The quantitative estimate of drug-likeness (QED) is 0.840. The number of likely N-dealkylation sites (N-methyl/N-ethyl adjacent to an activating group) is 1. The van der Waals surface area contributed by atoms with E-state index in [1.807, 2.05) is 19.1 Å². The number of hydrogen-bond donors (Lipinski definition) is 0. The van der Waals surface area contributed by atoms with Gasteiger partial charge in [-0.05, 0) is 51.4 Å². The van der Waals surface area contributed by atoms with Gasteiger partial charge >= 0.3 is 0 Å². The lowest BCUT2D eigenvalue weighted by atomic mass is 10.2. The van der Waals surface area contributed by atoms with Crippen LogP contribution < -0.4 is 0 Å². The molecule has 1 aromatic rings. The van der Waals surface area contributed by atoms with Crippen LogP contribution in [-0.2, 0) is 10.2 Å².